The van der Waals surface area contributed by atoms with E-state index in [4.69, 9.17) is 4.42 Å². The van der Waals surface area contributed by atoms with Gasteiger partial charge in [0.05, 0.1) is 5.48 Å². The molecule has 0 aliphatic carbocycles. The van der Waals surface area contributed by atoms with E-state index in [9.17, 15) is 5.48 Å². The highest BCUT2D eigenvalue weighted by Crippen LogP contribution is 2.45. The molecule has 0 bridgehead atoms. The largest absolute Gasteiger partial charge is 0.456 e. The minimum Gasteiger partial charge on any atom is -0.456 e. The predicted octanol–water partition coefficient (Wildman–Crippen LogP) is 13.2. The van der Waals surface area contributed by atoms with E-state index < -0.39 is 0 Å². The molecule has 0 aliphatic rings. The van der Waals surface area contributed by atoms with E-state index in [0.717, 1.165) is 76.2 Å². The summed E-state index contributed by atoms with van der Waals surface area (Å²) in [5.41, 5.74) is 5.75. The molecule has 10 rings (SSSR count). The third-order valence-electron chi connectivity index (χ3n) is 9.49. The Morgan fingerprint density at radius 2 is 0.851 bits per heavy atom. The monoisotopic (exact) mass is 600 g/mol. The molecular formula is C46H28O. The molecule has 0 fully saturated rings. The molecule has 0 unspecified atom stereocenters. The average molecular weight is 601 g/mol. The van der Waals surface area contributed by atoms with Crippen molar-refractivity contribution in [2.75, 3.05) is 0 Å². The van der Waals surface area contributed by atoms with E-state index in [1.807, 2.05) is 91.0 Å². The molecule has 218 valence electrons. The SMILES string of the molecule is [2H]c1c([2H])c(-c2c3ccccc3c(-c3ccc4oc5cc6ccccc6cc5c4c3)c3ccccc23)c([2H])c([2H])c1-c1cccc2ccccc12. The van der Waals surface area contributed by atoms with Crippen LogP contribution in [-0.4, -0.2) is 0 Å². The van der Waals surface area contributed by atoms with Crippen LogP contribution in [0, 0.1) is 0 Å². The molecular weight excluding hydrogens is 569 g/mol. The van der Waals surface area contributed by atoms with Gasteiger partial charge >= 0.3 is 0 Å². The zero-order valence-electron chi connectivity index (χ0n) is 29.3. The fourth-order valence-corrected chi connectivity index (χ4v) is 7.34. The van der Waals surface area contributed by atoms with E-state index in [1.54, 1.807) is 0 Å². The van der Waals surface area contributed by atoms with Crippen molar-refractivity contribution in [1.29, 1.82) is 0 Å². The van der Waals surface area contributed by atoms with Crippen LogP contribution in [0.15, 0.2) is 174 Å². The van der Waals surface area contributed by atoms with Gasteiger partial charge in [0.1, 0.15) is 11.2 Å². The Morgan fingerprint density at radius 3 is 1.53 bits per heavy atom. The van der Waals surface area contributed by atoms with E-state index in [1.165, 1.54) is 0 Å². The Hall–Kier alpha value is -6.18. The maximum atomic E-state index is 9.44. The Kier molecular flexibility index (Phi) is 4.83. The van der Waals surface area contributed by atoms with Gasteiger partial charge in [-0.1, -0.05) is 145 Å². The summed E-state index contributed by atoms with van der Waals surface area (Å²) >= 11 is 0. The number of hydrogen-bond donors (Lipinski definition) is 0. The van der Waals surface area contributed by atoms with Gasteiger partial charge in [-0.05, 0) is 101 Å². The summed E-state index contributed by atoms with van der Waals surface area (Å²) < 4.78 is 43.8. The molecule has 9 aromatic carbocycles. The summed E-state index contributed by atoms with van der Waals surface area (Å²) in [5.74, 6) is 0. The number of furan rings is 1. The number of fused-ring (bicyclic) bond motifs is 7. The summed E-state index contributed by atoms with van der Waals surface area (Å²) in [7, 11) is 0. The smallest absolute Gasteiger partial charge is 0.136 e. The van der Waals surface area contributed by atoms with Crippen molar-refractivity contribution in [3.63, 3.8) is 0 Å². The number of benzene rings is 9. The van der Waals surface area contributed by atoms with Gasteiger partial charge in [0.2, 0.25) is 0 Å². The van der Waals surface area contributed by atoms with Gasteiger partial charge in [0.25, 0.3) is 0 Å². The summed E-state index contributed by atoms with van der Waals surface area (Å²) in [6, 6.07) is 48.6. The fourth-order valence-electron chi connectivity index (χ4n) is 7.34. The van der Waals surface area contributed by atoms with Crippen molar-refractivity contribution in [1.82, 2.24) is 0 Å². The van der Waals surface area contributed by atoms with Gasteiger partial charge < -0.3 is 4.42 Å². The average Bonchev–Trinajstić information content (AvgIpc) is 3.52. The van der Waals surface area contributed by atoms with Crippen LogP contribution in [-0.2, 0) is 0 Å². The van der Waals surface area contributed by atoms with Crippen LogP contribution in [0.4, 0.5) is 0 Å². The Labute approximate surface area is 277 Å². The lowest BCUT2D eigenvalue weighted by Gasteiger charge is -2.18. The fraction of sp³-hybridized carbons (Fsp3) is 0. The molecule has 0 amide bonds. The Balaban J connectivity index is 1.25. The summed E-state index contributed by atoms with van der Waals surface area (Å²) in [5, 5.41) is 9.95. The summed E-state index contributed by atoms with van der Waals surface area (Å²) in [4.78, 5) is 0. The predicted molar refractivity (Wildman–Crippen MR) is 200 cm³/mol. The lowest BCUT2D eigenvalue weighted by Crippen LogP contribution is -1.91. The van der Waals surface area contributed by atoms with E-state index in [2.05, 4.69) is 54.6 Å². The first-order valence-electron chi connectivity index (χ1n) is 17.9. The molecule has 0 atom stereocenters. The van der Waals surface area contributed by atoms with Crippen molar-refractivity contribution in [2.45, 2.75) is 0 Å². The zero-order valence-corrected chi connectivity index (χ0v) is 25.3. The van der Waals surface area contributed by atoms with E-state index >= 15 is 0 Å². The maximum absolute atomic E-state index is 9.44. The standard InChI is InChI=1S/C46H28O/c1-2-12-33-28-44-42(26-32(33)11-1)41-27-34(24-25-43(41)47-44)46-39-17-7-5-15-37(39)45(38-16-6-8-18-40(38)46)31-22-20-30(21-23-31)36-19-9-13-29-10-3-4-14-35(29)36/h1-28H/i20D,21D,22D,23D. The molecule has 0 radical (unpaired) electrons. The second-order valence-electron chi connectivity index (χ2n) is 12.1. The molecule has 1 nitrogen and oxygen atoms in total. The highest BCUT2D eigenvalue weighted by Gasteiger charge is 2.18. The van der Waals surface area contributed by atoms with Crippen LogP contribution < -0.4 is 0 Å². The van der Waals surface area contributed by atoms with Crippen LogP contribution in [0.1, 0.15) is 5.48 Å². The van der Waals surface area contributed by atoms with Crippen molar-refractivity contribution in [3.8, 4) is 33.4 Å². The van der Waals surface area contributed by atoms with Gasteiger partial charge in [-0.25, -0.2) is 0 Å². The van der Waals surface area contributed by atoms with Crippen LogP contribution >= 0.6 is 0 Å². The Morgan fingerprint density at radius 1 is 0.340 bits per heavy atom. The summed E-state index contributed by atoms with van der Waals surface area (Å²) in [6.45, 7) is 0. The number of hydrogen-bond acceptors (Lipinski definition) is 1. The van der Waals surface area contributed by atoms with Crippen molar-refractivity contribution in [3.05, 3.63) is 170 Å². The van der Waals surface area contributed by atoms with Crippen LogP contribution in [0.5, 0.6) is 0 Å². The second-order valence-corrected chi connectivity index (χ2v) is 12.1. The molecule has 47 heavy (non-hydrogen) atoms. The topological polar surface area (TPSA) is 13.1 Å². The Bertz CT molecular complexity index is 2990. The third-order valence-corrected chi connectivity index (χ3v) is 9.49. The first-order chi connectivity index (χ1) is 25.0. The van der Waals surface area contributed by atoms with Crippen molar-refractivity contribution < 1.29 is 9.90 Å². The van der Waals surface area contributed by atoms with Crippen LogP contribution in [0.2, 0.25) is 0 Å². The molecule has 0 aliphatic heterocycles. The van der Waals surface area contributed by atoms with Crippen LogP contribution in [0.25, 0.3) is 98.4 Å². The molecule has 1 aromatic heterocycles. The highest BCUT2D eigenvalue weighted by atomic mass is 16.3. The van der Waals surface area contributed by atoms with E-state index in [0.29, 0.717) is 22.3 Å². The lowest BCUT2D eigenvalue weighted by atomic mass is 9.85. The minimum atomic E-state index is -0.0551. The first-order valence-corrected chi connectivity index (χ1v) is 15.9. The lowest BCUT2D eigenvalue weighted by molar-refractivity contribution is 0.669. The highest BCUT2D eigenvalue weighted by molar-refractivity contribution is 6.22. The molecule has 1 heteroatoms. The van der Waals surface area contributed by atoms with Crippen molar-refractivity contribution >= 4 is 65.0 Å². The van der Waals surface area contributed by atoms with Crippen molar-refractivity contribution in [2.24, 2.45) is 0 Å². The molecule has 1 heterocycles. The molecule has 0 N–H and O–H groups in total. The van der Waals surface area contributed by atoms with Gasteiger partial charge in [-0.15, -0.1) is 0 Å². The van der Waals surface area contributed by atoms with Gasteiger partial charge in [0.15, 0.2) is 0 Å². The second kappa shape index (κ2) is 10.2. The minimum absolute atomic E-state index is 0.0515. The first kappa shape index (κ1) is 22.3. The molecule has 0 saturated carbocycles. The van der Waals surface area contributed by atoms with E-state index in [-0.39, 0.29) is 24.2 Å². The quantitative estimate of drug-likeness (QED) is 0.184. The van der Waals surface area contributed by atoms with Gasteiger partial charge in [-0.2, -0.15) is 0 Å². The molecule has 0 saturated heterocycles. The zero-order chi connectivity index (χ0) is 34.4. The van der Waals surface area contributed by atoms with Gasteiger partial charge in [0, 0.05) is 10.8 Å². The maximum Gasteiger partial charge on any atom is 0.136 e. The number of rotatable bonds is 3. The van der Waals surface area contributed by atoms with Crippen LogP contribution in [0.3, 0.4) is 0 Å². The van der Waals surface area contributed by atoms with Gasteiger partial charge in [-0.3, -0.25) is 0 Å². The normalized spacial score (nSPS) is 13.0. The molecule has 10 aromatic rings. The third kappa shape index (κ3) is 4.03. The summed E-state index contributed by atoms with van der Waals surface area (Å²) in [6.07, 6.45) is 0. The molecule has 0 spiro atoms.